The summed E-state index contributed by atoms with van der Waals surface area (Å²) in [7, 11) is 1.85. The van der Waals surface area contributed by atoms with Crippen LogP contribution in [0.5, 0.6) is 0 Å². The first-order chi connectivity index (χ1) is 10.3. The Kier molecular flexibility index (Phi) is 4.85. The van der Waals surface area contributed by atoms with E-state index >= 15 is 0 Å². The van der Waals surface area contributed by atoms with Crippen molar-refractivity contribution in [2.45, 2.75) is 39.7 Å². The fraction of sp³-hybridized carbons (Fsp3) is 0.667. The van der Waals surface area contributed by atoms with Crippen LogP contribution >= 0.6 is 0 Å². The molecule has 7 heteroatoms. The molecule has 2 heterocycles. The van der Waals surface area contributed by atoms with E-state index < -0.39 is 0 Å². The Balaban J connectivity index is 2.04. The van der Waals surface area contributed by atoms with Gasteiger partial charge in [0.15, 0.2) is 0 Å². The van der Waals surface area contributed by atoms with E-state index in [1.807, 2.05) is 32.7 Å². The Morgan fingerprint density at radius 1 is 1.41 bits per heavy atom. The van der Waals surface area contributed by atoms with Gasteiger partial charge in [-0.1, -0.05) is 0 Å². The Morgan fingerprint density at radius 2 is 2.09 bits per heavy atom. The minimum atomic E-state index is -0.304. The highest BCUT2D eigenvalue weighted by molar-refractivity contribution is 5.95. The predicted octanol–water partition coefficient (Wildman–Crippen LogP) is 0.561. The van der Waals surface area contributed by atoms with Crippen LogP contribution in [0.2, 0.25) is 0 Å². The third-order valence-electron chi connectivity index (χ3n) is 4.54. The first-order valence-electron chi connectivity index (χ1n) is 7.65. The van der Waals surface area contributed by atoms with Crippen LogP contribution in [0.4, 0.5) is 5.69 Å². The first kappa shape index (κ1) is 16.5. The highest BCUT2D eigenvalue weighted by atomic mass is 16.2. The second kappa shape index (κ2) is 6.48. The van der Waals surface area contributed by atoms with Crippen LogP contribution in [-0.2, 0) is 16.6 Å². The minimum Gasteiger partial charge on any atom is -0.369 e. The number of carbonyl (C=O) groups excluding carboxylic acids is 2. The third-order valence-corrected chi connectivity index (χ3v) is 4.54. The maximum atomic E-state index is 12.5. The monoisotopic (exact) mass is 307 g/mol. The maximum absolute atomic E-state index is 12.5. The molecular weight excluding hydrogens is 282 g/mol. The molecule has 0 radical (unpaired) electrons. The largest absolute Gasteiger partial charge is 0.369 e. The zero-order chi connectivity index (χ0) is 16.4. The smallest absolute Gasteiger partial charge is 0.241 e. The van der Waals surface area contributed by atoms with E-state index in [2.05, 4.69) is 10.4 Å². The molecule has 1 aliphatic heterocycles. The van der Waals surface area contributed by atoms with Gasteiger partial charge in [0, 0.05) is 13.6 Å². The molecule has 2 amide bonds. The van der Waals surface area contributed by atoms with E-state index in [0.717, 1.165) is 36.5 Å². The average Bonchev–Trinajstić information content (AvgIpc) is 2.73. The predicted molar refractivity (Wildman–Crippen MR) is 84.3 cm³/mol. The number of rotatable bonds is 4. The van der Waals surface area contributed by atoms with Crippen molar-refractivity contribution < 1.29 is 9.59 Å². The molecule has 1 fully saturated rings. The number of nitrogens with one attached hydrogen (secondary N) is 1. The van der Waals surface area contributed by atoms with Gasteiger partial charge in [0.25, 0.3) is 0 Å². The number of anilines is 1. The lowest BCUT2D eigenvalue weighted by Crippen LogP contribution is -2.49. The zero-order valence-corrected chi connectivity index (χ0v) is 13.7. The fourth-order valence-electron chi connectivity index (χ4n) is 2.94. The van der Waals surface area contributed by atoms with Crippen LogP contribution in [0.3, 0.4) is 0 Å². The van der Waals surface area contributed by atoms with E-state index in [1.54, 1.807) is 4.68 Å². The maximum Gasteiger partial charge on any atom is 0.241 e. The summed E-state index contributed by atoms with van der Waals surface area (Å²) in [4.78, 5) is 25.9. The van der Waals surface area contributed by atoms with Gasteiger partial charge in [-0.05, 0) is 40.2 Å². The molecule has 3 N–H and O–H groups in total. The second-order valence-electron chi connectivity index (χ2n) is 6.07. The number of aryl methyl sites for hydroxylation is 2. The van der Waals surface area contributed by atoms with Crippen molar-refractivity contribution in [3.05, 3.63) is 11.4 Å². The molecule has 7 nitrogen and oxygen atoms in total. The van der Waals surface area contributed by atoms with Crippen LogP contribution < -0.4 is 11.1 Å². The Morgan fingerprint density at radius 3 is 2.64 bits per heavy atom. The number of likely N-dealkylation sites (tertiary alicyclic amines) is 1. The second-order valence-corrected chi connectivity index (χ2v) is 6.07. The summed E-state index contributed by atoms with van der Waals surface area (Å²) in [6.45, 7) is 7.01. The lowest BCUT2D eigenvalue weighted by atomic mass is 9.96. The van der Waals surface area contributed by atoms with Gasteiger partial charge in [-0.3, -0.25) is 19.2 Å². The molecule has 1 aromatic heterocycles. The highest BCUT2D eigenvalue weighted by Gasteiger charge is 2.30. The van der Waals surface area contributed by atoms with Crippen LogP contribution in [0.25, 0.3) is 0 Å². The summed E-state index contributed by atoms with van der Waals surface area (Å²) < 4.78 is 1.75. The van der Waals surface area contributed by atoms with Crippen molar-refractivity contribution in [3.8, 4) is 0 Å². The van der Waals surface area contributed by atoms with E-state index in [4.69, 9.17) is 5.73 Å². The molecule has 22 heavy (non-hydrogen) atoms. The Bertz CT molecular complexity index is 581. The van der Waals surface area contributed by atoms with Crippen molar-refractivity contribution in [2.75, 3.05) is 18.4 Å². The van der Waals surface area contributed by atoms with Crippen molar-refractivity contribution in [3.63, 3.8) is 0 Å². The molecule has 0 aliphatic carbocycles. The Hall–Kier alpha value is -1.89. The molecule has 2 rings (SSSR count). The fourth-order valence-corrected chi connectivity index (χ4v) is 2.94. The Labute approximate surface area is 130 Å². The van der Waals surface area contributed by atoms with Crippen molar-refractivity contribution in [1.29, 1.82) is 0 Å². The van der Waals surface area contributed by atoms with Gasteiger partial charge >= 0.3 is 0 Å². The molecule has 1 aromatic rings. The molecule has 1 aliphatic rings. The van der Waals surface area contributed by atoms with Crippen molar-refractivity contribution in [2.24, 2.45) is 18.7 Å². The molecule has 1 saturated heterocycles. The summed E-state index contributed by atoms with van der Waals surface area (Å²) in [5.74, 6) is -0.522. The molecule has 0 bridgehead atoms. The van der Waals surface area contributed by atoms with E-state index in [9.17, 15) is 9.59 Å². The van der Waals surface area contributed by atoms with Crippen LogP contribution in [0.1, 0.15) is 31.2 Å². The summed E-state index contributed by atoms with van der Waals surface area (Å²) in [6.07, 6.45) is 1.69. The summed E-state index contributed by atoms with van der Waals surface area (Å²) in [5.41, 5.74) is 7.88. The first-order valence-corrected chi connectivity index (χ1v) is 7.65. The summed E-state index contributed by atoms with van der Waals surface area (Å²) in [6, 6.07) is -0.304. The van der Waals surface area contributed by atoms with E-state index in [1.165, 1.54) is 0 Å². The lowest BCUT2D eigenvalue weighted by molar-refractivity contribution is -0.127. The number of primary amides is 1. The van der Waals surface area contributed by atoms with E-state index in [0.29, 0.717) is 6.54 Å². The number of carbonyl (C=O) groups is 2. The molecule has 0 aromatic carbocycles. The molecule has 2 atom stereocenters. The average molecular weight is 307 g/mol. The number of aromatic nitrogens is 2. The molecule has 0 spiro atoms. The van der Waals surface area contributed by atoms with Crippen LogP contribution in [0.15, 0.2) is 0 Å². The normalized spacial score (nSPS) is 20.6. The summed E-state index contributed by atoms with van der Waals surface area (Å²) in [5, 5.41) is 7.26. The van der Waals surface area contributed by atoms with Gasteiger partial charge in [0.05, 0.1) is 29.0 Å². The van der Waals surface area contributed by atoms with Gasteiger partial charge in [-0.25, -0.2) is 0 Å². The molecular formula is C15H25N5O2. The van der Waals surface area contributed by atoms with Crippen LogP contribution in [0, 0.1) is 19.8 Å². The number of nitrogens with zero attached hydrogens (tertiary/aromatic N) is 3. The standard InChI is InChI=1S/C15H25N5O2/c1-9-13(10(2)19(4)18-9)17-15(22)11(3)20-7-5-6-12(8-20)14(16)21/h11-12H,5-8H2,1-4H3,(H2,16,21)(H,17,22)/t11-,12+/m1/s1. The van der Waals surface area contributed by atoms with Crippen molar-refractivity contribution in [1.82, 2.24) is 14.7 Å². The molecule has 0 unspecified atom stereocenters. The third kappa shape index (κ3) is 3.30. The van der Waals surface area contributed by atoms with E-state index in [-0.39, 0.29) is 23.8 Å². The topological polar surface area (TPSA) is 93.2 Å². The van der Waals surface area contributed by atoms with Gasteiger partial charge < -0.3 is 11.1 Å². The molecule has 0 saturated carbocycles. The molecule has 122 valence electrons. The zero-order valence-electron chi connectivity index (χ0n) is 13.7. The van der Waals surface area contributed by atoms with Gasteiger partial charge in [-0.2, -0.15) is 5.10 Å². The van der Waals surface area contributed by atoms with Crippen molar-refractivity contribution >= 4 is 17.5 Å². The number of hydrogen-bond acceptors (Lipinski definition) is 4. The van der Waals surface area contributed by atoms with Gasteiger partial charge in [0.2, 0.25) is 11.8 Å². The SMILES string of the molecule is Cc1nn(C)c(C)c1NC(=O)[C@@H](C)N1CCC[C@H](C(N)=O)C1. The minimum absolute atomic E-state index is 0.0793. The lowest BCUT2D eigenvalue weighted by Gasteiger charge is -2.34. The van der Waals surface area contributed by atoms with Crippen LogP contribution in [-0.4, -0.2) is 45.6 Å². The number of amides is 2. The highest BCUT2D eigenvalue weighted by Crippen LogP contribution is 2.21. The quantitative estimate of drug-likeness (QED) is 0.850. The van der Waals surface area contributed by atoms with Gasteiger partial charge in [-0.15, -0.1) is 0 Å². The number of hydrogen-bond donors (Lipinski definition) is 2. The summed E-state index contributed by atoms with van der Waals surface area (Å²) >= 11 is 0. The van der Waals surface area contributed by atoms with Gasteiger partial charge in [0.1, 0.15) is 0 Å². The number of nitrogens with two attached hydrogens (primary N) is 1. The number of piperidine rings is 1.